The lowest BCUT2D eigenvalue weighted by Gasteiger charge is -2.36. The molecule has 0 amide bonds. The van der Waals surface area contributed by atoms with Crippen LogP contribution < -0.4 is 0 Å². The molecule has 0 saturated carbocycles. The highest BCUT2D eigenvalue weighted by Crippen LogP contribution is 2.47. The quantitative estimate of drug-likeness (QED) is 0.178. The Kier molecular flexibility index (Phi) is 7.77. The third kappa shape index (κ3) is 4.91. The molecule has 0 unspecified atom stereocenters. The highest BCUT2D eigenvalue weighted by molar-refractivity contribution is 5.98. The van der Waals surface area contributed by atoms with Crippen molar-refractivity contribution in [3.05, 3.63) is 173 Å². The van der Waals surface area contributed by atoms with E-state index in [1.165, 1.54) is 0 Å². The second-order valence-electron chi connectivity index (χ2n) is 12.8. The fourth-order valence-corrected chi connectivity index (χ4v) is 7.05. The van der Waals surface area contributed by atoms with Gasteiger partial charge in [0.1, 0.15) is 23.5 Å². The molecule has 46 heavy (non-hydrogen) atoms. The van der Waals surface area contributed by atoms with Crippen molar-refractivity contribution in [1.29, 1.82) is 0 Å². The second kappa shape index (κ2) is 12.1. The lowest BCUT2D eigenvalue weighted by molar-refractivity contribution is 0.0807. The largest absolute Gasteiger partial charge is 0.458 e. The smallest absolute Gasteiger partial charge is 0.237 e. The molecule has 0 N–H and O–H groups in total. The summed E-state index contributed by atoms with van der Waals surface area (Å²) in [5, 5.41) is 0. The van der Waals surface area contributed by atoms with E-state index in [1.54, 1.807) is 0 Å². The maximum Gasteiger partial charge on any atom is 0.237 e. The standard InChI is InChI=1S/C41H39N3O2/c1-28(2)36-40(30-18-9-5-10-19-30,31-20-11-6-12-21-31)45-38(43-36)34-26-17-27-35(42-34)39-44-37(29(3)4)41(46-39,32-22-13-7-14-23-32)33-24-15-8-16-25-33/h5-29,36-37H,1-4H3/t36-,37+. The van der Waals surface area contributed by atoms with Gasteiger partial charge in [-0.15, -0.1) is 0 Å². The van der Waals surface area contributed by atoms with Gasteiger partial charge >= 0.3 is 0 Å². The Balaban J connectivity index is 1.31. The first-order valence-corrected chi connectivity index (χ1v) is 16.2. The average Bonchev–Trinajstić information content (AvgIpc) is 3.73. The van der Waals surface area contributed by atoms with Crippen LogP contribution in [0.2, 0.25) is 0 Å². The second-order valence-corrected chi connectivity index (χ2v) is 12.8. The van der Waals surface area contributed by atoms with Gasteiger partial charge in [-0.25, -0.2) is 15.0 Å². The minimum absolute atomic E-state index is 0.160. The van der Waals surface area contributed by atoms with E-state index >= 15 is 0 Å². The van der Waals surface area contributed by atoms with E-state index < -0.39 is 11.2 Å². The monoisotopic (exact) mass is 605 g/mol. The van der Waals surface area contributed by atoms with Crippen LogP contribution in [0, 0.1) is 11.8 Å². The minimum Gasteiger partial charge on any atom is -0.458 e. The molecule has 230 valence electrons. The zero-order chi connectivity index (χ0) is 31.7. The van der Waals surface area contributed by atoms with Crippen LogP contribution in [0.5, 0.6) is 0 Å². The molecule has 3 heterocycles. The average molecular weight is 606 g/mol. The molecule has 1 aromatic heterocycles. The topological polar surface area (TPSA) is 56.1 Å². The summed E-state index contributed by atoms with van der Waals surface area (Å²) in [6, 6.07) is 47.2. The van der Waals surface area contributed by atoms with Crippen LogP contribution >= 0.6 is 0 Å². The predicted octanol–water partition coefficient (Wildman–Crippen LogP) is 8.57. The molecule has 0 fully saturated rings. The maximum atomic E-state index is 7.04. The normalized spacial score (nSPS) is 19.8. The zero-order valence-electron chi connectivity index (χ0n) is 26.7. The first kappa shape index (κ1) is 29.7. The van der Waals surface area contributed by atoms with Gasteiger partial charge in [0.05, 0.1) is 0 Å². The SMILES string of the molecule is CC(C)[C@H]1N=C(c2cccc(C3=N[C@@H](C(C)C)C(c4ccccc4)(c4ccccc4)O3)n2)OC1(c1ccccc1)c1ccccc1. The Morgan fingerprint density at radius 2 is 0.739 bits per heavy atom. The van der Waals surface area contributed by atoms with Gasteiger partial charge in [-0.2, -0.15) is 0 Å². The zero-order valence-corrected chi connectivity index (χ0v) is 26.7. The maximum absolute atomic E-state index is 7.04. The number of benzene rings is 4. The Bertz CT molecular complexity index is 1640. The van der Waals surface area contributed by atoms with Crippen LogP contribution in [0.25, 0.3) is 0 Å². The van der Waals surface area contributed by atoms with E-state index in [4.69, 9.17) is 24.4 Å². The lowest BCUT2D eigenvalue weighted by atomic mass is 9.76. The molecule has 4 aromatic carbocycles. The van der Waals surface area contributed by atoms with Crippen molar-refractivity contribution in [3.8, 4) is 0 Å². The Morgan fingerprint density at radius 1 is 0.435 bits per heavy atom. The summed E-state index contributed by atoms with van der Waals surface area (Å²) < 4.78 is 14.1. The van der Waals surface area contributed by atoms with E-state index in [2.05, 4.69) is 125 Å². The molecule has 5 aromatic rings. The highest BCUT2D eigenvalue weighted by atomic mass is 16.5. The van der Waals surface area contributed by atoms with Crippen molar-refractivity contribution in [2.75, 3.05) is 0 Å². The van der Waals surface area contributed by atoms with Crippen molar-refractivity contribution >= 4 is 11.8 Å². The summed E-state index contributed by atoms with van der Waals surface area (Å²) in [6.45, 7) is 8.80. The van der Waals surface area contributed by atoms with E-state index in [0.717, 1.165) is 22.3 Å². The number of rotatable bonds is 8. The van der Waals surface area contributed by atoms with Gasteiger partial charge in [0, 0.05) is 22.3 Å². The van der Waals surface area contributed by atoms with Gasteiger partial charge < -0.3 is 9.47 Å². The van der Waals surface area contributed by atoms with Gasteiger partial charge in [0.25, 0.3) is 0 Å². The Hall–Kier alpha value is -5.03. The minimum atomic E-state index is -0.788. The van der Waals surface area contributed by atoms with Crippen LogP contribution in [0.1, 0.15) is 61.3 Å². The summed E-state index contributed by atoms with van der Waals surface area (Å²) in [7, 11) is 0. The van der Waals surface area contributed by atoms with Gasteiger partial charge in [0.15, 0.2) is 11.2 Å². The molecule has 5 heteroatoms. The molecular formula is C41H39N3O2. The molecule has 0 spiro atoms. The first-order chi connectivity index (χ1) is 22.4. The summed E-state index contributed by atoms with van der Waals surface area (Å²) in [6.07, 6.45) is 0. The molecule has 2 aliphatic rings. The number of hydrogen-bond donors (Lipinski definition) is 0. The number of aliphatic imine (C=N–C) groups is 2. The fraction of sp³-hybridized carbons (Fsp3) is 0.244. The molecule has 0 radical (unpaired) electrons. The van der Waals surface area contributed by atoms with E-state index in [9.17, 15) is 0 Å². The van der Waals surface area contributed by atoms with Crippen molar-refractivity contribution in [3.63, 3.8) is 0 Å². The van der Waals surface area contributed by atoms with Crippen molar-refractivity contribution in [1.82, 2.24) is 4.98 Å². The van der Waals surface area contributed by atoms with Crippen molar-refractivity contribution in [2.45, 2.75) is 51.0 Å². The van der Waals surface area contributed by atoms with Gasteiger partial charge in [0.2, 0.25) is 11.8 Å². The number of aromatic nitrogens is 1. The molecule has 0 saturated heterocycles. The van der Waals surface area contributed by atoms with Crippen LogP contribution in [-0.4, -0.2) is 28.9 Å². The molecule has 0 bridgehead atoms. The third-order valence-electron chi connectivity index (χ3n) is 9.12. The molecular weight excluding hydrogens is 566 g/mol. The van der Waals surface area contributed by atoms with E-state index in [-0.39, 0.29) is 23.9 Å². The first-order valence-electron chi connectivity index (χ1n) is 16.2. The van der Waals surface area contributed by atoms with Gasteiger partial charge in [-0.1, -0.05) is 155 Å². The molecule has 7 rings (SSSR count). The van der Waals surface area contributed by atoms with Crippen molar-refractivity contribution in [2.24, 2.45) is 21.8 Å². The molecule has 2 atom stereocenters. The summed E-state index contributed by atoms with van der Waals surface area (Å²) in [5.41, 5.74) is 3.99. The van der Waals surface area contributed by atoms with E-state index in [1.807, 2.05) is 42.5 Å². The van der Waals surface area contributed by atoms with Crippen LogP contribution in [0.15, 0.2) is 150 Å². The Morgan fingerprint density at radius 3 is 1.02 bits per heavy atom. The number of ether oxygens (including phenoxy) is 2. The third-order valence-corrected chi connectivity index (χ3v) is 9.12. The fourth-order valence-electron chi connectivity index (χ4n) is 7.05. The number of hydrogen-bond acceptors (Lipinski definition) is 5. The molecule has 5 nitrogen and oxygen atoms in total. The highest BCUT2D eigenvalue weighted by Gasteiger charge is 2.53. The predicted molar refractivity (Wildman–Crippen MR) is 184 cm³/mol. The van der Waals surface area contributed by atoms with Crippen LogP contribution in [0.4, 0.5) is 0 Å². The molecule has 2 aliphatic heterocycles. The van der Waals surface area contributed by atoms with Gasteiger partial charge in [-0.3, -0.25) is 0 Å². The van der Waals surface area contributed by atoms with E-state index in [0.29, 0.717) is 23.2 Å². The summed E-state index contributed by atoms with van der Waals surface area (Å²) >= 11 is 0. The Labute approximate surface area is 271 Å². The summed E-state index contributed by atoms with van der Waals surface area (Å²) in [4.78, 5) is 15.6. The number of pyridine rings is 1. The van der Waals surface area contributed by atoms with Crippen LogP contribution in [0.3, 0.4) is 0 Å². The van der Waals surface area contributed by atoms with Crippen LogP contribution in [-0.2, 0) is 20.7 Å². The number of nitrogens with zero attached hydrogens (tertiary/aromatic N) is 3. The molecule has 0 aliphatic carbocycles. The summed E-state index contributed by atoms with van der Waals surface area (Å²) in [5.74, 6) is 1.44. The lowest BCUT2D eigenvalue weighted by Crippen LogP contribution is -2.41. The van der Waals surface area contributed by atoms with Gasteiger partial charge in [-0.05, 0) is 24.0 Å². The van der Waals surface area contributed by atoms with Crippen molar-refractivity contribution < 1.29 is 9.47 Å².